The molecule has 3 nitrogen and oxygen atoms in total. The molecule has 1 N–H and O–H groups in total. The van der Waals surface area contributed by atoms with Gasteiger partial charge in [0.15, 0.2) is 0 Å². The van der Waals surface area contributed by atoms with Crippen LogP contribution in [0, 0.1) is 5.92 Å². The summed E-state index contributed by atoms with van der Waals surface area (Å²) in [5.74, 6) is 1.46. The van der Waals surface area contributed by atoms with Crippen LogP contribution in [0.15, 0.2) is 36.4 Å². The standard InChI is InChI=1S/C18H25NO2/c1-13(2)17(12-20-3)19-11-14-9-10-18(21-4)16-8-6-5-7-15(14)16/h5-10,13,17,19H,11-12H2,1-4H3. The highest BCUT2D eigenvalue weighted by molar-refractivity contribution is 5.91. The van der Waals surface area contributed by atoms with E-state index in [1.165, 1.54) is 10.9 Å². The molecule has 0 radical (unpaired) electrons. The van der Waals surface area contributed by atoms with Crippen molar-refractivity contribution in [3.8, 4) is 5.75 Å². The Hall–Kier alpha value is -1.58. The van der Waals surface area contributed by atoms with Crippen molar-refractivity contribution in [3.05, 3.63) is 42.0 Å². The van der Waals surface area contributed by atoms with Gasteiger partial charge in [0.1, 0.15) is 5.75 Å². The van der Waals surface area contributed by atoms with Crippen LogP contribution >= 0.6 is 0 Å². The second-order valence-corrected chi connectivity index (χ2v) is 5.66. The van der Waals surface area contributed by atoms with Crippen LogP contribution in [0.2, 0.25) is 0 Å². The molecule has 21 heavy (non-hydrogen) atoms. The van der Waals surface area contributed by atoms with E-state index >= 15 is 0 Å². The van der Waals surface area contributed by atoms with Gasteiger partial charge < -0.3 is 14.8 Å². The van der Waals surface area contributed by atoms with Crippen LogP contribution in [-0.4, -0.2) is 26.9 Å². The topological polar surface area (TPSA) is 30.5 Å². The van der Waals surface area contributed by atoms with Gasteiger partial charge in [0.25, 0.3) is 0 Å². The van der Waals surface area contributed by atoms with Gasteiger partial charge in [0.2, 0.25) is 0 Å². The van der Waals surface area contributed by atoms with Crippen molar-refractivity contribution in [2.75, 3.05) is 20.8 Å². The van der Waals surface area contributed by atoms with E-state index in [2.05, 4.69) is 43.4 Å². The van der Waals surface area contributed by atoms with Gasteiger partial charge >= 0.3 is 0 Å². The molecule has 0 saturated carbocycles. The largest absolute Gasteiger partial charge is 0.496 e. The molecule has 0 aliphatic heterocycles. The van der Waals surface area contributed by atoms with E-state index in [1.807, 2.05) is 12.1 Å². The summed E-state index contributed by atoms with van der Waals surface area (Å²) in [6.07, 6.45) is 0. The summed E-state index contributed by atoms with van der Waals surface area (Å²) in [7, 11) is 3.47. The predicted octanol–water partition coefficient (Wildman–Crippen LogP) is 3.61. The molecular formula is C18H25NO2. The molecule has 0 aliphatic rings. The molecule has 2 aromatic carbocycles. The summed E-state index contributed by atoms with van der Waals surface area (Å²) in [6.45, 7) is 5.98. The lowest BCUT2D eigenvalue weighted by Gasteiger charge is -2.22. The van der Waals surface area contributed by atoms with Gasteiger partial charge in [-0.05, 0) is 22.9 Å². The maximum absolute atomic E-state index is 5.44. The van der Waals surface area contributed by atoms with Gasteiger partial charge in [-0.2, -0.15) is 0 Å². The Labute approximate surface area is 127 Å². The first kappa shape index (κ1) is 15.8. The van der Waals surface area contributed by atoms with Crippen molar-refractivity contribution in [2.24, 2.45) is 5.92 Å². The zero-order valence-corrected chi connectivity index (χ0v) is 13.3. The Kier molecular flexibility index (Phi) is 5.59. The van der Waals surface area contributed by atoms with Gasteiger partial charge in [-0.15, -0.1) is 0 Å². The lowest BCUT2D eigenvalue weighted by Crippen LogP contribution is -2.37. The van der Waals surface area contributed by atoms with E-state index in [1.54, 1.807) is 14.2 Å². The highest BCUT2D eigenvalue weighted by atomic mass is 16.5. The molecule has 0 amide bonds. The Balaban J connectivity index is 2.23. The molecule has 0 aromatic heterocycles. The maximum atomic E-state index is 5.44. The van der Waals surface area contributed by atoms with Gasteiger partial charge in [0, 0.05) is 25.1 Å². The first-order valence-corrected chi connectivity index (χ1v) is 7.44. The van der Waals surface area contributed by atoms with Gasteiger partial charge in [-0.3, -0.25) is 0 Å². The van der Waals surface area contributed by atoms with Crippen LogP contribution in [0.3, 0.4) is 0 Å². The summed E-state index contributed by atoms with van der Waals surface area (Å²) in [6, 6.07) is 12.9. The highest BCUT2D eigenvalue weighted by Crippen LogP contribution is 2.28. The first-order chi connectivity index (χ1) is 10.2. The average Bonchev–Trinajstić information content (AvgIpc) is 2.50. The minimum absolute atomic E-state index is 0.357. The van der Waals surface area contributed by atoms with E-state index in [0.29, 0.717) is 12.0 Å². The molecule has 3 heteroatoms. The zero-order chi connectivity index (χ0) is 15.2. The van der Waals surface area contributed by atoms with Gasteiger partial charge in [-0.1, -0.05) is 44.2 Å². The maximum Gasteiger partial charge on any atom is 0.126 e. The second-order valence-electron chi connectivity index (χ2n) is 5.66. The average molecular weight is 287 g/mol. The smallest absolute Gasteiger partial charge is 0.126 e. The molecule has 2 aromatic rings. The van der Waals surface area contributed by atoms with E-state index in [0.717, 1.165) is 24.3 Å². The van der Waals surface area contributed by atoms with Crippen molar-refractivity contribution >= 4 is 10.8 Å². The molecule has 114 valence electrons. The van der Waals surface area contributed by atoms with Crippen LogP contribution in [-0.2, 0) is 11.3 Å². The monoisotopic (exact) mass is 287 g/mol. The van der Waals surface area contributed by atoms with Crippen LogP contribution in [0.5, 0.6) is 5.75 Å². The molecule has 0 bridgehead atoms. The van der Waals surface area contributed by atoms with E-state index in [-0.39, 0.29) is 0 Å². The van der Waals surface area contributed by atoms with Crippen LogP contribution in [0.25, 0.3) is 10.8 Å². The summed E-state index contributed by atoms with van der Waals surface area (Å²) in [4.78, 5) is 0. The number of rotatable bonds is 7. The van der Waals surface area contributed by atoms with E-state index in [4.69, 9.17) is 9.47 Å². The molecular weight excluding hydrogens is 262 g/mol. The van der Waals surface area contributed by atoms with Crippen molar-refractivity contribution in [1.29, 1.82) is 0 Å². The Morgan fingerprint density at radius 3 is 2.33 bits per heavy atom. The summed E-state index contributed by atoms with van der Waals surface area (Å²) < 4.78 is 10.7. The fraction of sp³-hybridized carbons (Fsp3) is 0.444. The third-order valence-electron chi connectivity index (χ3n) is 3.90. The Bertz CT molecular complexity index is 580. The third-order valence-corrected chi connectivity index (χ3v) is 3.90. The summed E-state index contributed by atoms with van der Waals surface area (Å²) in [5.41, 5.74) is 1.29. The van der Waals surface area contributed by atoms with Gasteiger partial charge in [-0.25, -0.2) is 0 Å². The van der Waals surface area contributed by atoms with Crippen molar-refractivity contribution in [3.63, 3.8) is 0 Å². The first-order valence-electron chi connectivity index (χ1n) is 7.44. The molecule has 2 rings (SSSR count). The molecule has 0 saturated heterocycles. The molecule has 0 heterocycles. The summed E-state index contributed by atoms with van der Waals surface area (Å²) >= 11 is 0. The Morgan fingerprint density at radius 2 is 1.71 bits per heavy atom. The number of fused-ring (bicyclic) bond motifs is 1. The van der Waals surface area contributed by atoms with Crippen molar-refractivity contribution < 1.29 is 9.47 Å². The minimum Gasteiger partial charge on any atom is -0.496 e. The normalized spacial score (nSPS) is 12.8. The summed E-state index contributed by atoms with van der Waals surface area (Å²) in [5, 5.41) is 6.00. The number of methoxy groups -OCH3 is 2. The molecule has 1 atom stereocenters. The van der Waals surface area contributed by atoms with E-state index < -0.39 is 0 Å². The number of ether oxygens (including phenoxy) is 2. The fourth-order valence-electron chi connectivity index (χ4n) is 2.57. The number of hydrogen-bond acceptors (Lipinski definition) is 3. The second kappa shape index (κ2) is 7.43. The fourth-order valence-corrected chi connectivity index (χ4v) is 2.57. The van der Waals surface area contributed by atoms with Crippen molar-refractivity contribution in [1.82, 2.24) is 5.32 Å². The van der Waals surface area contributed by atoms with E-state index in [9.17, 15) is 0 Å². The SMILES string of the molecule is COCC(NCc1ccc(OC)c2ccccc12)C(C)C. The number of nitrogens with one attached hydrogen (secondary N) is 1. The van der Waals surface area contributed by atoms with Crippen molar-refractivity contribution in [2.45, 2.75) is 26.4 Å². The molecule has 1 unspecified atom stereocenters. The third kappa shape index (κ3) is 3.74. The molecule has 0 fully saturated rings. The Morgan fingerprint density at radius 1 is 1.00 bits per heavy atom. The highest BCUT2D eigenvalue weighted by Gasteiger charge is 2.13. The quantitative estimate of drug-likeness (QED) is 0.844. The van der Waals surface area contributed by atoms with Crippen LogP contribution in [0.4, 0.5) is 0 Å². The zero-order valence-electron chi connectivity index (χ0n) is 13.3. The van der Waals surface area contributed by atoms with Crippen LogP contribution < -0.4 is 10.1 Å². The van der Waals surface area contributed by atoms with Crippen LogP contribution in [0.1, 0.15) is 19.4 Å². The molecule has 0 spiro atoms. The minimum atomic E-state index is 0.357. The lowest BCUT2D eigenvalue weighted by molar-refractivity contribution is 0.146. The molecule has 0 aliphatic carbocycles. The van der Waals surface area contributed by atoms with Gasteiger partial charge in [0.05, 0.1) is 13.7 Å². The lowest BCUT2D eigenvalue weighted by atomic mass is 10.0. The predicted molar refractivity (Wildman–Crippen MR) is 87.8 cm³/mol. The number of hydrogen-bond donors (Lipinski definition) is 1. The number of benzene rings is 2.